The molecule has 0 aromatic carbocycles. The molecule has 0 radical (unpaired) electrons. The van der Waals surface area contributed by atoms with Gasteiger partial charge in [-0.25, -0.2) is 0 Å². The van der Waals surface area contributed by atoms with Gasteiger partial charge in [0.1, 0.15) is 6.47 Å². The lowest BCUT2D eigenvalue weighted by molar-refractivity contribution is 0.0497. The summed E-state index contributed by atoms with van der Waals surface area (Å²) in [4.78, 5) is 0. The van der Waals surface area contributed by atoms with Crippen LogP contribution in [0.5, 0.6) is 0 Å². The summed E-state index contributed by atoms with van der Waals surface area (Å²) < 4.78 is -4.61. The van der Waals surface area contributed by atoms with Gasteiger partial charge in [-0.2, -0.15) is 0 Å². The van der Waals surface area contributed by atoms with E-state index in [2.05, 4.69) is 127 Å². The molecule has 0 aromatic rings. The molecule has 0 saturated heterocycles. The van der Waals surface area contributed by atoms with Gasteiger partial charge >= 0.3 is 0 Å². The van der Waals surface area contributed by atoms with Crippen LogP contribution in [0.3, 0.4) is 0 Å². The summed E-state index contributed by atoms with van der Waals surface area (Å²) in [5.41, 5.74) is 0. The molecule has 9 heteroatoms. The van der Waals surface area contributed by atoms with Gasteiger partial charge < -0.3 is 5.11 Å². The van der Waals surface area contributed by atoms with Crippen LogP contribution in [0.25, 0.3) is 0 Å². The van der Waals surface area contributed by atoms with E-state index in [0.29, 0.717) is 0 Å². The third-order valence-corrected chi connectivity index (χ3v) is 20.5. The van der Waals surface area contributed by atoms with Crippen LogP contribution in [0.2, 0.25) is 0 Å². The number of alkyl halides is 8. The Balaban J connectivity index is 3.72. The van der Waals surface area contributed by atoms with Crippen LogP contribution in [-0.2, 0) is 0 Å². The molecule has 0 bridgehead atoms. The van der Waals surface area contributed by atoms with E-state index in [1.165, 1.54) is 0 Å². The Kier molecular flexibility index (Phi) is 5.68. The van der Waals surface area contributed by atoms with Crippen molar-refractivity contribution in [1.29, 1.82) is 0 Å². The predicted octanol–water partition coefficient (Wildman–Crippen LogP) is 6.52. The first kappa shape index (κ1) is 19.8. The molecule has 1 saturated carbocycles. The normalized spacial score (nSPS) is 55.3. The molecule has 1 N–H and O–H groups in total. The standard InChI is InChI=1S/C9H10Br8O/c1-4(10)5(2,11)7(13,14)8(15,16)9(17,18)6(4,3)12/h18H,1-3H3. The third-order valence-electron chi connectivity index (χ3n) is 3.79. The number of rotatable bonds is 0. The van der Waals surface area contributed by atoms with Crippen LogP contribution in [0, 0.1) is 0 Å². The van der Waals surface area contributed by atoms with Crippen molar-refractivity contribution in [3.05, 3.63) is 0 Å². The molecule has 108 valence electrons. The van der Waals surface area contributed by atoms with Crippen molar-refractivity contribution in [2.75, 3.05) is 0 Å². The molecule has 1 rings (SSSR count). The van der Waals surface area contributed by atoms with Crippen molar-refractivity contribution in [3.8, 4) is 0 Å². The minimum Gasteiger partial charge on any atom is -0.375 e. The number of hydrogen-bond acceptors (Lipinski definition) is 1. The van der Waals surface area contributed by atoms with E-state index in [9.17, 15) is 5.11 Å². The lowest BCUT2D eigenvalue weighted by atomic mass is 9.72. The molecule has 4 unspecified atom stereocenters. The van der Waals surface area contributed by atoms with E-state index in [0.717, 1.165) is 0 Å². The monoisotopic (exact) mass is 765 g/mol. The van der Waals surface area contributed by atoms with Crippen molar-refractivity contribution in [2.45, 2.75) is 44.7 Å². The van der Waals surface area contributed by atoms with Crippen molar-refractivity contribution in [1.82, 2.24) is 0 Å². The average molecular weight is 773 g/mol. The maximum absolute atomic E-state index is 11.0. The van der Waals surface area contributed by atoms with Gasteiger partial charge in [0.2, 0.25) is 0 Å². The number of hydrogen-bond donors (Lipinski definition) is 1. The smallest absolute Gasteiger partial charge is 0.163 e. The summed E-state index contributed by atoms with van der Waals surface area (Å²) in [7, 11) is 0. The Bertz CT molecular complexity index is 254. The van der Waals surface area contributed by atoms with Gasteiger partial charge in [0.25, 0.3) is 0 Å². The van der Waals surface area contributed by atoms with Crippen molar-refractivity contribution < 1.29 is 5.11 Å². The minimum absolute atomic E-state index is 0.474. The van der Waals surface area contributed by atoms with Gasteiger partial charge in [-0.05, 0) is 20.8 Å². The first-order valence-electron chi connectivity index (χ1n) is 4.74. The summed E-state index contributed by atoms with van der Waals surface area (Å²) in [5, 5.41) is 11.0. The minimum atomic E-state index is -1.31. The highest BCUT2D eigenvalue weighted by Crippen LogP contribution is 2.76. The lowest BCUT2D eigenvalue weighted by Gasteiger charge is -2.67. The van der Waals surface area contributed by atoms with Crippen molar-refractivity contribution >= 4 is 127 Å². The number of halogens is 8. The Hall–Kier alpha value is 3.80. The van der Waals surface area contributed by atoms with Gasteiger partial charge in [0.05, 0.1) is 13.0 Å². The van der Waals surface area contributed by atoms with E-state index >= 15 is 0 Å². The maximum Gasteiger partial charge on any atom is 0.163 e. The highest BCUT2D eigenvalue weighted by atomic mass is 79.9. The lowest BCUT2D eigenvalue weighted by Crippen LogP contribution is -2.81. The zero-order chi connectivity index (χ0) is 15.0. The van der Waals surface area contributed by atoms with Crippen LogP contribution in [-0.4, -0.2) is 29.1 Å². The third kappa shape index (κ3) is 2.09. The second-order valence-corrected chi connectivity index (χ2v) is 17.6. The summed E-state index contributed by atoms with van der Waals surface area (Å²) in [6, 6.07) is 0. The highest BCUT2D eigenvalue weighted by Gasteiger charge is 2.81. The average Bonchev–Trinajstić information content (AvgIpc) is 2.14. The zero-order valence-corrected chi connectivity index (χ0v) is 22.2. The molecule has 1 nitrogen and oxygen atoms in total. The van der Waals surface area contributed by atoms with Gasteiger partial charge in [0.15, 0.2) is 4.51 Å². The second-order valence-electron chi connectivity index (χ2n) is 4.78. The van der Waals surface area contributed by atoms with Crippen molar-refractivity contribution in [2.24, 2.45) is 0 Å². The largest absolute Gasteiger partial charge is 0.375 e. The molecule has 0 heterocycles. The molecule has 0 amide bonds. The molecule has 18 heavy (non-hydrogen) atoms. The summed E-state index contributed by atoms with van der Waals surface area (Å²) >= 11 is 29.1. The van der Waals surface area contributed by atoms with E-state index in [-0.39, 0.29) is 0 Å². The molecular weight excluding hydrogens is 763 g/mol. The predicted molar refractivity (Wildman–Crippen MR) is 107 cm³/mol. The Labute approximate surface area is 174 Å². The SMILES string of the molecule is CC1(Br)C(C)(Br)C(O)(Br)C(Br)(Br)C(Br)(Br)C1(C)Br. The summed E-state index contributed by atoms with van der Waals surface area (Å²) in [5.74, 6) is 0. The second kappa shape index (κ2) is 5.15. The fraction of sp³-hybridized carbons (Fsp3) is 1.00. The Morgan fingerprint density at radius 1 is 0.556 bits per heavy atom. The van der Waals surface area contributed by atoms with Gasteiger partial charge in [-0.3, -0.25) is 0 Å². The molecule has 1 fully saturated rings. The van der Waals surface area contributed by atoms with Gasteiger partial charge in [-0.1, -0.05) is 127 Å². The van der Waals surface area contributed by atoms with E-state index in [1.807, 2.05) is 20.8 Å². The van der Waals surface area contributed by atoms with Crippen LogP contribution >= 0.6 is 127 Å². The fourth-order valence-corrected chi connectivity index (χ4v) is 10.1. The van der Waals surface area contributed by atoms with Crippen LogP contribution in [0.4, 0.5) is 0 Å². The highest BCUT2D eigenvalue weighted by molar-refractivity contribution is 9.31. The molecule has 4 atom stereocenters. The van der Waals surface area contributed by atoms with Crippen LogP contribution in [0.1, 0.15) is 20.8 Å². The zero-order valence-electron chi connectivity index (χ0n) is 9.47. The van der Waals surface area contributed by atoms with E-state index in [4.69, 9.17) is 0 Å². The van der Waals surface area contributed by atoms with Gasteiger partial charge in [-0.15, -0.1) is 0 Å². The maximum atomic E-state index is 11.0. The van der Waals surface area contributed by atoms with Crippen LogP contribution in [0.15, 0.2) is 0 Å². The summed E-state index contributed by atoms with van der Waals surface area (Å²) in [6.07, 6.45) is 0. The van der Waals surface area contributed by atoms with E-state index in [1.54, 1.807) is 0 Å². The molecule has 1 aliphatic rings. The Morgan fingerprint density at radius 3 is 1.22 bits per heavy atom. The Morgan fingerprint density at radius 2 is 0.889 bits per heavy atom. The first-order valence-corrected chi connectivity index (χ1v) is 11.1. The molecule has 0 aromatic heterocycles. The summed E-state index contributed by atoms with van der Waals surface area (Å²) in [6.45, 7) is 5.96. The van der Waals surface area contributed by atoms with E-state index < -0.39 is 24.0 Å². The molecule has 1 aliphatic carbocycles. The van der Waals surface area contributed by atoms with Crippen LogP contribution < -0.4 is 0 Å². The molecular formula is C9H10Br8O. The quantitative estimate of drug-likeness (QED) is 0.279. The molecule has 0 aliphatic heterocycles. The first-order chi connectivity index (χ1) is 7.50. The van der Waals surface area contributed by atoms with Gasteiger partial charge in [0, 0.05) is 0 Å². The fourth-order valence-electron chi connectivity index (χ4n) is 1.84. The number of aliphatic hydroxyl groups is 1. The topological polar surface area (TPSA) is 20.2 Å². The molecule has 0 spiro atoms. The van der Waals surface area contributed by atoms with Crippen molar-refractivity contribution in [3.63, 3.8) is 0 Å².